The van der Waals surface area contributed by atoms with E-state index >= 15 is 0 Å². The molecule has 1 heterocycles. The fourth-order valence-electron chi connectivity index (χ4n) is 3.49. The van der Waals surface area contributed by atoms with E-state index in [1.54, 1.807) is 6.92 Å². The van der Waals surface area contributed by atoms with E-state index in [9.17, 15) is 18.7 Å². The summed E-state index contributed by atoms with van der Waals surface area (Å²) in [5.74, 6) is -1.87. The van der Waals surface area contributed by atoms with E-state index in [2.05, 4.69) is 0 Å². The molecule has 116 valence electrons. The van der Waals surface area contributed by atoms with Crippen LogP contribution in [0.2, 0.25) is 0 Å². The summed E-state index contributed by atoms with van der Waals surface area (Å²) < 4.78 is 27.4. The lowest BCUT2D eigenvalue weighted by Gasteiger charge is -2.39. The zero-order chi connectivity index (χ0) is 15.6. The highest BCUT2D eigenvalue weighted by Crippen LogP contribution is 2.40. The van der Waals surface area contributed by atoms with E-state index < -0.39 is 29.2 Å². The van der Waals surface area contributed by atoms with Crippen molar-refractivity contribution in [2.45, 2.75) is 51.1 Å². The molecule has 2 rings (SSSR count). The average Bonchev–Trinajstić information content (AvgIpc) is 2.86. The minimum atomic E-state index is -0.965. The van der Waals surface area contributed by atoms with Gasteiger partial charge in [-0.05, 0) is 50.9 Å². The Kier molecular flexibility index (Phi) is 4.61. The fraction of sp³-hybridized carbons (Fsp3) is 0.562. The van der Waals surface area contributed by atoms with E-state index in [0.29, 0.717) is 19.4 Å². The Morgan fingerprint density at radius 2 is 2.19 bits per heavy atom. The van der Waals surface area contributed by atoms with Crippen LogP contribution in [0.15, 0.2) is 18.2 Å². The zero-order valence-corrected chi connectivity index (χ0v) is 12.4. The van der Waals surface area contributed by atoms with Crippen molar-refractivity contribution >= 4 is 5.97 Å². The Balaban J connectivity index is 2.38. The first-order valence-corrected chi connectivity index (χ1v) is 7.37. The number of nitrogens with zero attached hydrogens (tertiary/aromatic N) is 1. The van der Waals surface area contributed by atoms with Gasteiger partial charge in [0.1, 0.15) is 17.2 Å². The first kappa shape index (κ1) is 15.9. The maximum atomic E-state index is 14.0. The first-order chi connectivity index (χ1) is 9.92. The van der Waals surface area contributed by atoms with Gasteiger partial charge in [0, 0.05) is 11.6 Å². The number of rotatable bonds is 5. The lowest BCUT2D eigenvalue weighted by molar-refractivity contribution is -0.151. The van der Waals surface area contributed by atoms with Crippen LogP contribution in [0.1, 0.15) is 51.1 Å². The minimum Gasteiger partial charge on any atom is -0.480 e. The number of hydrogen-bond donors (Lipinski definition) is 1. The second kappa shape index (κ2) is 6.10. The van der Waals surface area contributed by atoms with Crippen molar-refractivity contribution in [2.75, 3.05) is 6.54 Å². The van der Waals surface area contributed by atoms with Gasteiger partial charge in [-0.25, -0.2) is 8.78 Å². The van der Waals surface area contributed by atoms with Crippen molar-refractivity contribution in [2.24, 2.45) is 0 Å². The van der Waals surface area contributed by atoms with Crippen LogP contribution in [-0.2, 0) is 4.79 Å². The predicted octanol–water partition coefficient (Wildman–Crippen LogP) is 3.75. The largest absolute Gasteiger partial charge is 0.480 e. The van der Waals surface area contributed by atoms with Crippen molar-refractivity contribution in [1.29, 1.82) is 0 Å². The van der Waals surface area contributed by atoms with Crippen LogP contribution in [0.5, 0.6) is 0 Å². The SMILES string of the molecule is CCCC1(C(=O)O)CCCN1C(C)c1cc(F)ccc1F. The molecule has 0 amide bonds. The number of benzene rings is 1. The third-order valence-corrected chi connectivity index (χ3v) is 4.48. The summed E-state index contributed by atoms with van der Waals surface area (Å²) in [6.45, 7) is 4.27. The van der Waals surface area contributed by atoms with E-state index in [1.807, 2.05) is 11.8 Å². The van der Waals surface area contributed by atoms with Crippen LogP contribution in [0, 0.1) is 11.6 Å². The van der Waals surface area contributed by atoms with Crippen LogP contribution in [0.4, 0.5) is 8.78 Å². The molecule has 0 aromatic heterocycles. The van der Waals surface area contributed by atoms with Gasteiger partial charge in [0.2, 0.25) is 0 Å². The number of carboxylic acid groups (broad SMARTS) is 1. The van der Waals surface area contributed by atoms with Crippen molar-refractivity contribution in [3.63, 3.8) is 0 Å². The Bertz CT molecular complexity index is 535. The summed E-state index contributed by atoms with van der Waals surface area (Å²) in [7, 11) is 0. The third kappa shape index (κ3) is 2.79. The summed E-state index contributed by atoms with van der Waals surface area (Å²) in [6.07, 6.45) is 2.57. The number of hydrogen-bond acceptors (Lipinski definition) is 2. The Morgan fingerprint density at radius 1 is 1.48 bits per heavy atom. The Labute approximate surface area is 123 Å². The summed E-state index contributed by atoms with van der Waals surface area (Å²) in [5, 5.41) is 9.68. The molecular formula is C16H21F2NO2. The van der Waals surface area contributed by atoms with Gasteiger partial charge >= 0.3 is 5.97 Å². The third-order valence-electron chi connectivity index (χ3n) is 4.48. The number of likely N-dealkylation sites (tertiary alicyclic amines) is 1. The van der Waals surface area contributed by atoms with E-state index in [0.717, 1.165) is 31.0 Å². The molecule has 0 aliphatic carbocycles. The number of carboxylic acids is 1. The molecule has 1 aliphatic heterocycles. The highest BCUT2D eigenvalue weighted by molar-refractivity contribution is 5.79. The van der Waals surface area contributed by atoms with Gasteiger partial charge < -0.3 is 5.11 Å². The molecule has 1 aromatic carbocycles. The number of carbonyl (C=O) groups is 1. The quantitative estimate of drug-likeness (QED) is 0.900. The van der Waals surface area contributed by atoms with Crippen molar-refractivity contribution in [3.05, 3.63) is 35.4 Å². The standard InChI is InChI=1S/C16H21F2NO2/c1-3-7-16(15(20)21)8-4-9-19(16)11(2)13-10-12(17)5-6-14(13)18/h5-6,10-11H,3-4,7-9H2,1-2H3,(H,20,21). The van der Waals surface area contributed by atoms with Crippen molar-refractivity contribution in [1.82, 2.24) is 4.90 Å². The summed E-state index contributed by atoms with van der Waals surface area (Å²) in [4.78, 5) is 13.6. The predicted molar refractivity (Wildman–Crippen MR) is 76.0 cm³/mol. The normalized spacial score (nSPS) is 24.2. The molecule has 1 N–H and O–H groups in total. The van der Waals surface area contributed by atoms with E-state index in [4.69, 9.17) is 0 Å². The van der Waals surface area contributed by atoms with Crippen LogP contribution >= 0.6 is 0 Å². The van der Waals surface area contributed by atoms with Gasteiger partial charge in [0.05, 0.1) is 0 Å². The molecule has 2 atom stereocenters. The van der Waals surface area contributed by atoms with Crippen molar-refractivity contribution < 1.29 is 18.7 Å². The maximum absolute atomic E-state index is 14.0. The van der Waals surface area contributed by atoms with Gasteiger partial charge in [0.15, 0.2) is 0 Å². The van der Waals surface area contributed by atoms with Gasteiger partial charge in [0.25, 0.3) is 0 Å². The minimum absolute atomic E-state index is 0.221. The molecule has 0 spiro atoms. The topological polar surface area (TPSA) is 40.5 Å². The highest BCUT2D eigenvalue weighted by Gasteiger charge is 2.49. The molecule has 2 unspecified atom stereocenters. The monoisotopic (exact) mass is 297 g/mol. The molecule has 0 saturated carbocycles. The van der Waals surface area contributed by atoms with Gasteiger partial charge in [-0.1, -0.05) is 13.3 Å². The lowest BCUT2D eigenvalue weighted by Crippen LogP contribution is -2.51. The fourth-order valence-corrected chi connectivity index (χ4v) is 3.49. The molecule has 21 heavy (non-hydrogen) atoms. The Morgan fingerprint density at radius 3 is 2.81 bits per heavy atom. The van der Waals surface area contributed by atoms with Gasteiger partial charge in [-0.2, -0.15) is 0 Å². The lowest BCUT2D eigenvalue weighted by atomic mass is 9.89. The summed E-state index contributed by atoms with van der Waals surface area (Å²) >= 11 is 0. The first-order valence-electron chi connectivity index (χ1n) is 7.37. The molecular weight excluding hydrogens is 276 g/mol. The second-order valence-corrected chi connectivity index (χ2v) is 5.73. The maximum Gasteiger partial charge on any atom is 0.324 e. The molecule has 1 aliphatic rings. The van der Waals surface area contributed by atoms with Crippen LogP contribution in [0.25, 0.3) is 0 Å². The molecule has 0 bridgehead atoms. The second-order valence-electron chi connectivity index (χ2n) is 5.73. The smallest absolute Gasteiger partial charge is 0.324 e. The van der Waals surface area contributed by atoms with Crippen LogP contribution in [0.3, 0.4) is 0 Å². The highest BCUT2D eigenvalue weighted by atomic mass is 19.1. The van der Waals surface area contributed by atoms with Crippen LogP contribution < -0.4 is 0 Å². The van der Waals surface area contributed by atoms with Crippen LogP contribution in [-0.4, -0.2) is 28.1 Å². The number of aliphatic carboxylic acids is 1. The average molecular weight is 297 g/mol. The van der Waals surface area contributed by atoms with Gasteiger partial charge in [-0.15, -0.1) is 0 Å². The molecule has 1 saturated heterocycles. The summed E-state index contributed by atoms with van der Waals surface area (Å²) in [6, 6.07) is 2.87. The molecule has 0 radical (unpaired) electrons. The van der Waals surface area contributed by atoms with E-state index in [1.165, 1.54) is 0 Å². The number of halogens is 2. The Hall–Kier alpha value is -1.49. The molecule has 1 fully saturated rings. The molecule has 5 heteroatoms. The zero-order valence-electron chi connectivity index (χ0n) is 12.4. The van der Waals surface area contributed by atoms with E-state index in [-0.39, 0.29) is 5.56 Å². The molecule has 1 aromatic rings. The van der Waals surface area contributed by atoms with Gasteiger partial charge in [-0.3, -0.25) is 9.69 Å². The summed E-state index contributed by atoms with van der Waals surface area (Å²) in [5.41, 5.74) is -0.744. The van der Waals surface area contributed by atoms with Crippen molar-refractivity contribution in [3.8, 4) is 0 Å². The molecule has 3 nitrogen and oxygen atoms in total.